The van der Waals surface area contributed by atoms with E-state index in [2.05, 4.69) is 5.32 Å². The molecule has 4 heteroatoms. The summed E-state index contributed by atoms with van der Waals surface area (Å²) < 4.78 is 13.7. The number of nitrogens with two attached hydrogens (primary N) is 1. The van der Waals surface area contributed by atoms with Gasteiger partial charge >= 0.3 is 0 Å². The molecular weight excluding hydrogens is 231 g/mol. The molecule has 0 aliphatic carbocycles. The summed E-state index contributed by atoms with van der Waals surface area (Å²) in [5.41, 5.74) is 8.16. The molecule has 0 aliphatic rings. The fourth-order valence-corrected chi connectivity index (χ4v) is 1.73. The molecule has 0 radical (unpaired) electrons. The fourth-order valence-electron chi connectivity index (χ4n) is 1.73. The second-order valence-corrected chi connectivity index (χ2v) is 3.93. The van der Waals surface area contributed by atoms with E-state index in [0.717, 1.165) is 11.1 Å². The number of amides is 1. The van der Waals surface area contributed by atoms with Crippen molar-refractivity contribution in [2.75, 3.05) is 5.73 Å². The van der Waals surface area contributed by atoms with Gasteiger partial charge in [0.1, 0.15) is 5.82 Å². The minimum Gasteiger partial charge on any atom is -0.399 e. The van der Waals surface area contributed by atoms with E-state index in [0.29, 0.717) is 24.2 Å². The Labute approximate surface area is 104 Å². The Kier molecular flexibility index (Phi) is 3.57. The Bertz CT molecular complexity index is 552. The number of rotatable bonds is 4. The molecule has 0 spiro atoms. The molecule has 0 aromatic heterocycles. The lowest BCUT2D eigenvalue weighted by Gasteiger charge is -2.06. The zero-order valence-electron chi connectivity index (χ0n) is 9.69. The predicted octanol–water partition coefficient (Wildman–Crippen LogP) is 2.32. The van der Waals surface area contributed by atoms with E-state index in [9.17, 15) is 9.18 Å². The number of nitrogens with one attached hydrogen (secondary N) is 1. The Morgan fingerprint density at radius 1 is 1.17 bits per heavy atom. The lowest BCUT2D eigenvalue weighted by atomic mass is 10.0. The van der Waals surface area contributed by atoms with Gasteiger partial charge in [0.05, 0.1) is 0 Å². The second kappa shape index (κ2) is 5.31. The third-order valence-corrected chi connectivity index (χ3v) is 2.65. The van der Waals surface area contributed by atoms with Gasteiger partial charge in [0, 0.05) is 17.8 Å². The maximum absolute atomic E-state index is 13.7. The molecule has 2 rings (SSSR count). The first-order chi connectivity index (χ1) is 8.70. The summed E-state index contributed by atoms with van der Waals surface area (Å²) in [6, 6.07) is 12.0. The number of carbonyl (C=O) groups is 1. The Morgan fingerprint density at radius 2 is 1.89 bits per heavy atom. The van der Waals surface area contributed by atoms with Crippen molar-refractivity contribution in [2.24, 2.45) is 0 Å². The van der Waals surface area contributed by atoms with Gasteiger partial charge in [0.25, 0.3) is 0 Å². The van der Waals surface area contributed by atoms with E-state index in [1.54, 1.807) is 12.1 Å². The van der Waals surface area contributed by atoms with Gasteiger partial charge in [-0.25, -0.2) is 4.39 Å². The lowest BCUT2D eigenvalue weighted by molar-refractivity contribution is -0.109. The summed E-state index contributed by atoms with van der Waals surface area (Å²) in [7, 11) is 0. The lowest BCUT2D eigenvalue weighted by Crippen LogP contribution is -2.09. The first-order valence-corrected chi connectivity index (χ1v) is 5.52. The minimum atomic E-state index is -0.339. The average Bonchev–Trinajstić information content (AvgIpc) is 2.37. The summed E-state index contributed by atoms with van der Waals surface area (Å²) in [5.74, 6) is -0.339. The first kappa shape index (κ1) is 12.1. The molecule has 2 aromatic carbocycles. The molecule has 92 valence electrons. The van der Waals surface area contributed by atoms with Gasteiger partial charge in [-0.3, -0.25) is 4.79 Å². The molecule has 0 unspecified atom stereocenters. The molecule has 2 aromatic rings. The van der Waals surface area contributed by atoms with Crippen molar-refractivity contribution < 1.29 is 9.18 Å². The SMILES string of the molecule is Nc1ccc(-c2ccc(CNC=O)cc2)c(F)c1. The highest BCUT2D eigenvalue weighted by Crippen LogP contribution is 2.24. The van der Waals surface area contributed by atoms with Crippen molar-refractivity contribution in [3.63, 3.8) is 0 Å². The van der Waals surface area contributed by atoms with E-state index < -0.39 is 0 Å². The molecule has 3 N–H and O–H groups in total. The van der Waals surface area contributed by atoms with Gasteiger partial charge < -0.3 is 11.1 Å². The van der Waals surface area contributed by atoms with Crippen molar-refractivity contribution in [2.45, 2.75) is 6.54 Å². The molecule has 0 fully saturated rings. The Balaban J connectivity index is 2.25. The highest BCUT2D eigenvalue weighted by Gasteiger charge is 2.05. The van der Waals surface area contributed by atoms with Crippen LogP contribution in [0.2, 0.25) is 0 Å². The van der Waals surface area contributed by atoms with Crippen LogP contribution in [0.3, 0.4) is 0 Å². The minimum absolute atomic E-state index is 0.339. The van der Waals surface area contributed by atoms with Crippen molar-refractivity contribution in [3.05, 3.63) is 53.8 Å². The van der Waals surface area contributed by atoms with Crippen LogP contribution in [0.15, 0.2) is 42.5 Å². The first-order valence-electron chi connectivity index (χ1n) is 5.52. The third-order valence-electron chi connectivity index (χ3n) is 2.65. The van der Waals surface area contributed by atoms with Crippen molar-refractivity contribution in [3.8, 4) is 11.1 Å². The topological polar surface area (TPSA) is 55.1 Å². The normalized spacial score (nSPS) is 10.1. The second-order valence-electron chi connectivity index (χ2n) is 3.93. The number of hydrogen-bond acceptors (Lipinski definition) is 2. The largest absolute Gasteiger partial charge is 0.399 e. The van der Waals surface area contributed by atoms with E-state index in [-0.39, 0.29) is 5.82 Å². The van der Waals surface area contributed by atoms with Crippen LogP contribution in [0, 0.1) is 5.82 Å². The average molecular weight is 244 g/mol. The molecule has 0 heterocycles. The third kappa shape index (κ3) is 2.66. The zero-order valence-corrected chi connectivity index (χ0v) is 9.69. The number of anilines is 1. The molecular formula is C14H13FN2O. The maximum atomic E-state index is 13.7. The van der Waals surface area contributed by atoms with Crippen molar-refractivity contribution in [1.82, 2.24) is 5.32 Å². The molecule has 1 amide bonds. The monoisotopic (exact) mass is 244 g/mol. The molecule has 18 heavy (non-hydrogen) atoms. The van der Waals surface area contributed by atoms with Crippen LogP contribution >= 0.6 is 0 Å². The van der Waals surface area contributed by atoms with Crippen LogP contribution in [-0.4, -0.2) is 6.41 Å². The fraction of sp³-hybridized carbons (Fsp3) is 0.0714. The van der Waals surface area contributed by atoms with Crippen molar-refractivity contribution in [1.29, 1.82) is 0 Å². The van der Waals surface area contributed by atoms with Crippen LogP contribution in [0.5, 0.6) is 0 Å². The summed E-state index contributed by atoms with van der Waals surface area (Å²) in [4.78, 5) is 10.2. The maximum Gasteiger partial charge on any atom is 0.207 e. The molecule has 0 aliphatic heterocycles. The molecule has 3 nitrogen and oxygen atoms in total. The van der Waals surface area contributed by atoms with Crippen molar-refractivity contribution >= 4 is 12.1 Å². The Morgan fingerprint density at radius 3 is 2.50 bits per heavy atom. The van der Waals surface area contributed by atoms with Gasteiger partial charge in [-0.05, 0) is 29.3 Å². The summed E-state index contributed by atoms with van der Waals surface area (Å²) in [6.07, 6.45) is 0.646. The molecule has 0 atom stereocenters. The zero-order chi connectivity index (χ0) is 13.0. The summed E-state index contributed by atoms with van der Waals surface area (Å²) in [6.45, 7) is 0.466. The quantitative estimate of drug-likeness (QED) is 0.640. The Hall–Kier alpha value is -2.36. The van der Waals surface area contributed by atoms with E-state index in [1.807, 2.05) is 24.3 Å². The van der Waals surface area contributed by atoms with E-state index in [4.69, 9.17) is 5.73 Å². The summed E-state index contributed by atoms with van der Waals surface area (Å²) in [5, 5.41) is 2.57. The number of carbonyl (C=O) groups excluding carboxylic acids is 1. The van der Waals surface area contributed by atoms with Crippen LogP contribution < -0.4 is 11.1 Å². The standard InChI is InChI=1S/C14H13FN2O/c15-14-7-12(16)5-6-13(14)11-3-1-10(2-4-11)8-17-9-18/h1-7,9H,8,16H2,(H,17,18). The number of nitrogen functional groups attached to an aromatic ring is 1. The van der Waals surface area contributed by atoms with Gasteiger partial charge in [-0.1, -0.05) is 24.3 Å². The number of hydrogen-bond donors (Lipinski definition) is 2. The van der Waals surface area contributed by atoms with E-state index >= 15 is 0 Å². The van der Waals surface area contributed by atoms with E-state index in [1.165, 1.54) is 6.07 Å². The van der Waals surface area contributed by atoms with Crippen LogP contribution in [0.1, 0.15) is 5.56 Å². The van der Waals surface area contributed by atoms with Crippen LogP contribution in [0.4, 0.5) is 10.1 Å². The molecule has 0 bridgehead atoms. The molecule has 0 saturated carbocycles. The smallest absolute Gasteiger partial charge is 0.207 e. The van der Waals surface area contributed by atoms with Gasteiger partial charge in [-0.15, -0.1) is 0 Å². The number of benzene rings is 2. The van der Waals surface area contributed by atoms with Crippen LogP contribution in [-0.2, 0) is 11.3 Å². The molecule has 0 saturated heterocycles. The highest BCUT2D eigenvalue weighted by atomic mass is 19.1. The van der Waals surface area contributed by atoms with Gasteiger partial charge in [-0.2, -0.15) is 0 Å². The van der Waals surface area contributed by atoms with Gasteiger partial charge in [0.15, 0.2) is 0 Å². The van der Waals surface area contributed by atoms with Gasteiger partial charge in [0.2, 0.25) is 6.41 Å². The summed E-state index contributed by atoms with van der Waals surface area (Å²) >= 11 is 0. The number of halogens is 1. The predicted molar refractivity (Wildman–Crippen MR) is 69.2 cm³/mol. The van der Waals surface area contributed by atoms with Crippen LogP contribution in [0.25, 0.3) is 11.1 Å². The highest BCUT2D eigenvalue weighted by molar-refractivity contribution is 5.66.